The number of hydrogen-bond donors (Lipinski definition) is 1. The first kappa shape index (κ1) is 8.34. The Morgan fingerprint density at radius 3 is 2.85 bits per heavy atom. The van der Waals surface area contributed by atoms with Crippen LogP contribution in [0.15, 0.2) is 0 Å². The van der Waals surface area contributed by atoms with E-state index in [1.54, 1.807) is 0 Å². The molecule has 1 aliphatic heterocycles. The van der Waals surface area contributed by atoms with E-state index in [2.05, 4.69) is 10.1 Å². The molecule has 0 aromatic carbocycles. The van der Waals surface area contributed by atoms with Crippen molar-refractivity contribution in [2.45, 2.75) is 25.0 Å². The summed E-state index contributed by atoms with van der Waals surface area (Å²) in [6, 6.07) is -0.606. The Bertz CT molecular complexity index is 249. The van der Waals surface area contributed by atoms with Gasteiger partial charge in [-0.05, 0) is 18.8 Å². The molecule has 1 aliphatic carbocycles. The second-order valence-corrected chi connectivity index (χ2v) is 3.35. The van der Waals surface area contributed by atoms with Crippen LogP contribution in [0, 0.1) is 5.92 Å². The molecule has 2 atom stereocenters. The zero-order valence-corrected chi connectivity index (χ0v) is 7.28. The summed E-state index contributed by atoms with van der Waals surface area (Å²) in [6.07, 6.45) is 1.20. The van der Waals surface area contributed by atoms with Crippen LogP contribution in [0.25, 0.3) is 0 Å². The number of cyclic esters (lactones) is 1. The fourth-order valence-electron chi connectivity index (χ4n) is 1.55. The number of alkyl carbamates (subject to hydrolysis) is 1. The number of carbonyl (C=O) groups is 2. The van der Waals surface area contributed by atoms with Crippen LogP contribution >= 0.6 is 0 Å². The largest absolute Gasteiger partial charge is 0.467 e. The highest BCUT2D eigenvalue weighted by Crippen LogP contribution is 2.37. The van der Waals surface area contributed by atoms with Gasteiger partial charge in [0.25, 0.3) is 0 Å². The van der Waals surface area contributed by atoms with Crippen LogP contribution in [0.2, 0.25) is 0 Å². The molecule has 1 heterocycles. The molecule has 0 spiro atoms. The quantitative estimate of drug-likeness (QED) is 0.617. The van der Waals surface area contributed by atoms with Gasteiger partial charge in [-0.25, -0.2) is 9.59 Å². The van der Waals surface area contributed by atoms with Crippen LogP contribution < -0.4 is 5.32 Å². The number of nitrogens with one attached hydrogen (secondary N) is 1. The monoisotopic (exact) mass is 185 g/mol. The third kappa shape index (κ3) is 1.46. The minimum absolute atomic E-state index is 0.319. The lowest BCUT2D eigenvalue weighted by Crippen LogP contribution is -2.41. The van der Waals surface area contributed by atoms with Crippen LogP contribution in [-0.4, -0.2) is 31.3 Å². The molecule has 13 heavy (non-hydrogen) atoms. The highest BCUT2D eigenvalue weighted by atomic mass is 16.6. The van der Waals surface area contributed by atoms with Gasteiger partial charge < -0.3 is 14.8 Å². The highest BCUT2D eigenvalue weighted by Gasteiger charge is 2.48. The Kier molecular flexibility index (Phi) is 1.86. The third-order valence-corrected chi connectivity index (χ3v) is 2.39. The Balaban J connectivity index is 2.06. The summed E-state index contributed by atoms with van der Waals surface area (Å²) in [5.41, 5.74) is 0. The number of hydrogen-bond acceptors (Lipinski definition) is 4. The molecule has 2 unspecified atom stereocenters. The van der Waals surface area contributed by atoms with Crippen LogP contribution in [-0.2, 0) is 14.3 Å². The molecule has 2 aliphatic rings. The second-order valence-electron chi connectivity index (χ2n) is 3.35. The van der Waals surface area contributed by atoms with Crippen LogP contribution in [0.5, 0.6) is 0 Å². The van der Waals surface area contributed by atoms with Gasteiger partial charge in [-0.2, -0.15) is 0 Å². The van der Waals surface area contributed by atoms with E-state index in [0.717, 1.165) is 12.8 Å². The number of methoxy groups -OCH3 is 1. The van der Waals surface area contributed by atoms with Gasteiger partial charge in [0.2, 0.25) is 0 Å². The molecular formula is C8H11NO4. The molecule has 5 heteroatoms. The molecule has 72 valence electrons. The molecule has 1 saturated heterocycles. The van der Waals surface area contributed by atoms with E-state index in [9.17, 15) is 9.59 Å². The first-order chi connectivity index (χ1) is 6.22. The topological polar surface area (TPSA) is 64.6 Å². The molecule has 0 aromatic rings. The van der Waals surface area contributed by atoms with Crippen molar-refractivity contribution in [1.29, 1.82) is 0 Å². The Morgan fingerprint density at radius 1 is 1.62 bits per heavy atom. The standard InChI is InChI=1S/C8H11NO4/c1-12-7(10)5-6(4-2-3-4)13-8(11)9-5/h4-6H,2-3H2,1H3,(H,9,11). The maximum Gasteiger partial charge on any atom is 0.408 e. The number of carbonyl (C=O) groups excluding carboxylic acids is 2. The zero-order valence-electron chi connectivity index (χ0n) is 7.28. The van der Waals surface area contributed by atoms with Crippen LogP contribution in [0.1, 0.15) is 12.8 Å². The first-order valence-corrected chi connectivity index (χ1v) is 4.27. The lowest BCUT2D eigenvalue weighted by atomic mass is 10.1. The van der Waals surface area contributed by atoms with E-state index < -0.39 is 18.1 Å². The molecule has 5 nitrogen and oxygen atoms in total. The predicted molar refractivity (Wildman–Crippen MR) is 41.9 cm³/mol. The average molecular weight is 185 g/mol. The van der Waals surface area contributed by atoms with Crippen LogP contribution in [0.3, 0.4) is 0 Å². The van der Waals surface area contributed by atoms with Gasteiger partial charge in [0, 0.05) is 0 Å². The Hall–Kier alpha value is -1.26. The minimum atomic E-state index is -0.606. The van der Waals surface area contributed by atoms with Crippen molar-refractivity contribution in [3.8, 4) is 0 Å². The van der Waals surface area contributed by atoms with E-state index in [0.29, 0.717) is 5.92 Å². The van der Waals surface area contributed by atoms with Crippen molar-refractivity contribution in [2.75, 3.05) is 7.11 Å². The lowest BCUT2D eigenvalue weighted by molar-refractivity contribution is -0.144. The Labute approximate surface area is 75.4 Å². The van der Waals surface area contributed by atoms with Crippen molar-refractivity contribution < 1.29 is 19.1 Å². The number of esters is 1. The molecule has 0 bridgehead atoms. The van der Waals surface area contributed by atoms with Gasteiger partial charge in [-0.15, -0.1) is 0 Å². The Morgan fingerprint density at radius 2 is 2.31 bits per heavy atom. The van der Waals surface area contributed by atoms with Gasteiger partial charge in [-0.3, -0.25) is 0 Å². The van der Waals surface area contributed by atoms with Crippen molar-refractivity contribution in [3.63, 3.8) is 0 Å². The SMILES string of the molecule is COC(=O)C1NC(=O)OC1C1CC1. The lowest BCUT2D eigenvalue weighted by Gasteiger charge is -2.13. The van der Waals surface area contributed by atoms with Crippen LogP contribution in [0.4, 0.5) is 4.79 Å². The fourth-order valence-corrected chi connectivity index (χ4v) is 1.55. The fraction of sp³-hybridized carbons (Fsp3) is 0.750. The van der Waals surface area contributed by atoms with E-state index in [1.165, 1.54) is 7.11 Å². The summed E-state index contributed by atoms with van der Waals surface area (Å²) in [5.74, 6) is -0.0919. The first-order valence-electron chi connectivity index (χ1n) is 4.27. The van der Waals surface area contributed by atoms with Crippen molar-refractivity contribution in [3.05, 3.63) is 0 Å². The van der Waals surface area contributed by atoms with Crippen molar-refractivity contribution in [1.82, 2.24) is 5.32 Å². The molecule has 1 saturated carbocycles. The number of rotatable bonds is 2. The normalized spacial score (nSPS) is 32.2. The number of ether oxygens (including phenoxy) is 2. The van der Waals surface area contributed by atoms with Crippen molar-refractivity contribution in [2.24, 2.45) is 5.92 Å². The van der Waals surface area contributed by atoms with E-state index in [4.69, 9.17) is 4.74 Å². The maximum atomic E-state index is 11.2. The molecular weight excluding hydrogens is 174 g/mol. The highest BCUT2D eigenvalue weighted by molar-refractivity contribution is 5.85. The second kappa shape index (κ2) is 2.90. The van der Waals surface area contributed by atoms with E-state index in [-0.39, 0.29) is 6.10 Å². The predicted octanol–water partition coefficient (Wildman–Crippen LogP) is 0.0464. The van der Waals surface area contributed by atoms with E-state index in [1.807, 2.05) is 0 Å². The summed E-state index contributed by atoms with van der Waals surface area (Å²) in [4.78, 5) is 22.1. The molecule has 1 N–H and O–H groups in total. The summed E-state index contributed by atoms with van der Waals surface area (Å²) >= 11 is 0. The average Bonchev–Trinajstić information content (AvgIpc) is 2.89. The van der Waals surface area contributed by atoms with E-state index >= 15 is 0 Å². The van der Waals surface area contributed by atoms with Gasteiger partial charge in [0.1, 0.15) is 6.10 Å². The molecule has 1 amide bonds. The summed E-state index contributed by atoms with van der Waals surface area (Å²) in [5, 5.41) is 2.44. The van der Waals surface area contributed by atoms with Gasteiger partial charge in [-0.1, -0.05) is 0 Å². The van der Waals surface area contributed by atoms with Gasteiger partial charge in [0.15, 0.2) is 6.04 Å². The molecule has 2 fully saturated rings. The molecule has 0 aromatic heterocycles. The third-order valence-electron chi connectivity index (χ3n) is 2.39. The molecule has 2 rings (SSSR count). The smallest absolute Gasteiger partial charge is 0.408 e. The van der Waals surface area contributed by atoms with Gasteiger partial charge in [0.05, 0.1) is 7.11 Å². The maximum absolute atomic E-state index is 11.2. The van der Waals surface area contributed by atoms with Crippen molar-refractivity contribution >= 4 is 12.1 Å². The molecule has 0 radical (unpaired) electrons. The summed E-state index contributed by atoms with van der Waals surface area (Å²) in [7, 11) is 1.30. The summed E-state index contributed by atoms with van der Waals surface area (Å²) in [6.45, 7) is 0. The number of amides is 1. The summed E-state index contributed by atoms with van der Waals surface area (Å²) < 4.78 is 9.53. The minimum Gasteiger partial charge on any atom is -0.467 e. The zero-order chi connectivity index (χ0) is 9.42. The van der Waals surface area contributed by atoms with Gasteiger partial charge >= 0.3 is 12.1 Å².